The minimum absolute atomic E-state index is 0.135. The van der Waals surface area contributed by atoms with E-state index in [0.29, 0.717) is 23.7 Å². The van der Waals surface area contributed by atoms with Crippen molar-refractivity contribution in [1.82, 2.24) is 10.6 Å². The first kappa shape index (κ1) is 25.8. The molecule has 0 aliphatic heterocycles. The van der Waals surface area contributed by atoms with E-state index in [9.17, 15) is 9.59 Å². The highest BCUT2D eigenvalue weighted by atomic mass is 32.1. The van der Waals surface area contributed by atoms with Gasteiger partial charge in [0.05, 0.1) is 20.8 Å². The molecule has 1 aromatic heterocycles. The van der Waals surface area contributed by atoms with Crippen molar-refractivity contribution in [1.29, 1.82) is 0 Å². The highest BCUT2D eigenvalue weighted by molar-refractivity contribution is 7.10. The molecule has 2 aromatic carbocycles. The number of carbonyl (C=O) groups excluding carboxylic acids is 2. The zero-order valence-electron chi connectivity index (χ0n) is 20.1. The molecule has 2 amide bonds. The third kappa shape index (κ3) is 7.61. The summed E-state index contributed by atoms with van der Waals surface area (Å²) in [4.78, 5) is 26.6. The van der Waals surface area contributed by atoms with Crippen LogP contribution in [0.15, 0.2) is 65.7 Å². The molecule has 0 spiro atoms. The van der Waals surface area contributed by atoms with Gasteiger partial charge in [0.2, 0.25) is 0 Å². The summed E-state index contributed by atoms with van der Waals surface area (Å²) < 4.78 is 16.2. The number of benzene rings is 2. The van der Waals surface area contributed by atoms with Gasteiger partial charge in [0.25, 0.3) is 11.8 Å². The number of hydrogen-bond donors (Lipinski definition) is 2. The van der Waals surface area contributed by atoms with E-state index in [0.717, 1.165) is 23.5 Å². The Morgan fingerprint density at radius 1 is 1.00 bits per heavy atom. The van der Waals surface area contributed by atoms with E-state index in [4.69, 9.17) is 14.2 Å². The maximum atomic E-state index is 12.9. The van der Waals surface area contributed by atoms with Gasteiger partial charge in [0.1, 0.15) is 18.1 Å². The lowest BCUT2D eigenvalue weighted by molar-refractivity contribution is -0.117. The summed E-state index contributed by atoms with van der Waals surface area (Å²) in [5.74, 6) is 0.834. The number of rotatable bonds is 12. The number of thiophene rings is 1. The lowest BCUT2D eigenvalue weighted by Gasteiger charge is -2.13. The second kappa shape index (κ2) is 13.2. The zero-order valence-corrected chi connectivity index (χ0v) is 20.9. The first-order chi connectivity index (χ1) is 17.0. The van der Waals surface area contributed by atoms with Gasteiger partial charge < -0.3 is 24.8 Å². The van der Waals surface area contributed by atoms with Gasteiger partial charge in [-0.3, -0.25) is 9.59 Å². The predicted octanol–water partition coefficient (Wildman–Crippen LogP) is 4.68. The van der Waals surface area contributed by atoms with Crippen LogP contribution >= 0.6 is 11.3 Å². The Labute approximate surface area is 209 Å². The summed E-state index contributed by atoms with van der Waals surface area (Å²) in [5.41, 5.74) is 1.74. The molecule has 184 valence electrons. The van der Waals surface area contributed by atoms with E-state index in [2.05, 4.69) is 17.6 Å². The van der Waals surface area contributed by atoms with Crippen molar-refractivity contribution >= 4 is 29.2 Å². The molecular weight excluding hydrogens is 464 g/mol. The van der Waals surface area contributed by atoms with Gasteiger partial charge in [-0.2, -0.15) is 0 Å². The van der Waals surface area contributed by atoms with Crippen LogP contribution in [0.1, 0.15) is 34.1 Å². The molecule has 0 bridgehead atoms. The third-order valence-electron chi connectivity index (χ3n) is 5.09. The highest BCUT2D eigenvalue weighted by Crippen LogP contribution is 2.27. The van der Waals surface area contributed by atoms with Crippen molar-refractivity contribution in [2.75, 3.05) is 27.4 Å². The van der Waals surface area contributed by atoms with E-state index >= 15 is 0 Å². The van der Waals surface area contributed by atoms with E-state index in [1.165, 1.54) is 31.1 Å². The fourth-order valence-corrected chi connectivity index (χ4v) is 3.97. The number of hydrogen-bond acceptors (Lipinski definition) is 6. The fourth-order valence-electron chi connectivity index (χ4n) is 3.32. The van der Waals surface area contributed by atoms with Crippen LogP contribution in [-0.4, -0.2) is 39.2 Å². The Morgan fingerprint density at radius 2 is 1.77 bits per heavy atom. The van der Waals surface area contributed by atoms with Crippen molar-refractivity contribution in [2.45, 2.75) is 19.8 Å². The van der Waals surface area contributed by atoms with Gasteiger partial charge in [-0.05, 0) is 59.8 Å². The first-order valence-electron chi connectivity index (χ1n) is 11.3. The van der Waals surface area contributed by atoms with Gasteiger partial charge >= 0.3 is 0 Å². The van der Waals surface area contributed by atoms with Gasteiger partial charge in [-0.25, -0.2) is 0 Å². The third-order valence-corrected chi connectivity index (χ3v) is 5.91. The smallest absolute Gasteiger partial charge is 0.267 e. The van der Waals surface area contributed by atoms with Crippen molar-refractivity contribution in [3.63, 3.8) is 0 Å². The Hall–Kier alpha value is -3.78. The first-order valence-corrected chi connectivity index (χ1v) is 12.2. The van der Waals surface area contributed by atoms with Crippen LogP contribution < -0.4 is 24.8 Å². The average Bonchev–Trinajstić information content (AvgIpc) is 3.40. The molecule has 0 atom stereocenters. The van der Waals surface area contributed by atoms with Crippen LogP contribution in [0.4, 0.5) is 0 Å². The van der Waals surface area contributed by atoms with Crippen LogP contribution in [0.2, 0.25) is 0 Å². The van der Waals surface area contributed by atoms with Crippen LogP contribution in [-0.2, 0) is 11.2 Å². The van der Waals surface area contributed by atoms with Gasteiger partial charge in [0.15, 0.2) is 11.5 Å². The van der Waals surface area contributed by atoms with E-state index in [-0.39, 0.29) is 12.2 Å². The second-order valence-corrected chi connectivity index (χ2v) is 8.57. The number of nitrogens with one attached hydrogen (secondary N) is 2. The van der Waals surface area contributed by atoms with Crippen molar-refractivity contribution in [2.24, 2.45) is 0 Å². The van der Waals surface area contributed by atoms with E-state index in [1.54, 1.807) is 24.3 Å². The minimum Gasteiger partial charge on any atom is -0.493 e. The highest BCUT2D eigenvalue weighted by Gasteiger charge is 2.16. The molecule has 2 N–H and O–H groups in total. The number of amides is 2. The molecule has 0 radical (unpaired) electrons. The Morgan fingerprint density at radius 3 is 2.43 bits per heavy atom. The predicted molar refractivity (Wildman–Crippen MR) is 138 cm³/mol. The molecule has 1 heterocycles. The molecule has 0 aliphatic rings. The monoisotopic (exact) mass is 494 g/mol. The average molecular weight is 495 g/mol. The van der Waals surface area contributed by atoms with E-state index < -0.39 is 11.8 Å². The molecule has 3 rings (SSSR count). The van der Waals surface area contributed by atoms with E-state index in [1.807, 2.05) is 41.8 Å². The second-order valence-electron chi connectivity index (χ2n) is 7.60. The van der Waals surface area contributed by atoms with Crippen molar-refractivity contribution in [3.8, 4) is 17.2 Å². The Bertz CT molecular complexity index is 1140. The summed E-state index contributed by atoms with van der Waals surface area (Å²) in [5, 5.41) is 7.42. The molecule has 0 aliphatic carbocycles. The van der Waals surface area contributed by atoms with Crippen molar-refractivity contribution < 1.29 is 23.8 Å². The Balaban J connectivity index is 1.62. The summed E-state index contributed by atoms with van der Waals surface area (Å²) in [6.07, 6.45) is 3.77. The Kier molecular flexibility index (Phi) is 9.74. The standard InChI is InChI=1S/C27H30N2O5S/c1-4-6-19-8-11-21(12-9-19)34-15-14-28-27(31)23(18-22-7-5-16-35-22)29-26(30)20-10-13-24(32-2)25(17-20)33-3/h5,7-13,16-18H,4,6,14-15H2,1-3H3,(H,28,31)(H,29,30)/b23-18-. The van der Waals surface area contributed by atoms with Crippen LogP contribution in [0.25, 0.3) is 6.08 Å². The zero-order chi connectivity index (χ0) is 25.0. The molecule has 0 saturated heterocycles. The SMILES string of the molecule is CCCc1ccc(OCCNC(=O)/C(=C/c2cccs2)NC(=O)c2ccc(OC)c(OC)c2)cc1. The fraction of sp³-hybridized carbons (Fsp3) is 0.259. The van der Waals surface area contributed by atoms with Crippen molar-refractivity contribution in [3.05, 3.63) is 81.7 Å². The molecule has 0 unspecified atom stereocenters. The number of ether oxygens (including phenoxy) is 3. The molecule has 0 fully saturated rings. The van der Waals surface area contributed by atoms with Crippen LogP contribution in [0.5, 0.6) is 17.2 Å². The maximum Gasteiger partial charge on any atom is 0.267 e. The lowest BCUT2D eigenvalue weighted by atomic mass is 10.1. The lowest BCUT2D eigenvalue weighted by Crippen LogP contribution is -2.36. The molecule has 3 aromatic rings. The quantitative estimate of drug-likeness (QED) is 0.282. The van der Waals surface area contributed by atoms with Gasteiger partial charge in [-0.15, -0.1) is 11.3 Å². The number of carbonyl (C=O) groups is 2. The largest absolute Gasteiger partial charge is 0.493 e. The molecule has 8 heteroatoms. The summed E-state index contributed by atoms with van der Waals surface area (Å²) >= 11 is 1.46. The topological polar surface area (TPSA) is 85.9 Å². The molecule has 7 nitrogen and oxygen atoms in total. The number of methoxy groups -OCH3 is 2. The van der Waals surface area contributed by atoms with Gasteiger partial charge in [0, 0.05) is 10.4 Å². The van der Waals surface area contributed by atoms with Gasteiger partial charge in [-0.1, -0.05) is 31.5 Å². The normalized spacial score (nSPS) is 11.0. The summed E-state index contributed by atoms with van der Waals surface area (Å²) in [7, 11) is 3.02. The summed E-state index contributed by atoms with van der Waals surface area (Å²) in [6.45, 7) is 2.73. The summed E-state index contributed by atoms with van der Waals surface area (Å²) in [6, 6.07) is 16.5. The molecule has 35 heavy (non-hydrogen) atoms. The number of aryl methyl sites for hydroxylation is 1. The maximum absolute atomic E-state index is 12.9. The minimum atomic E-state index is -0.438. The molecular formula is C27H30N2O5S. The molecule has 0 saturated carbocycles. The van der Waals surface area contributed by atoms with Crippen LogP contribution in [0, 0.1) is 0 Å². The van der Waals surface area contributed by atoms with Crippen LogP contribution in [0.3, 0.4) is 0 Å².